The van der Waals surface area contributed by atoms with Crippen LogP contribution in [0.25, 0.3) is 0 Å². The van der Waals surface area contributed by atoms with E-state index in [9.17, 15) is 13.2 Å². The molecule has 0 aliphatic carbocycles. The smallest absolute Gasteiger partial charge is 0.264 e. The summed E-state index contributed by atoms with van der Waals surface area (Å²) >= 11 is 1.34. The number of hydrogen-bond acceptors (Lipinski definition) is 5. The van der Waals surface area contributed by atoms with Gasteiger partial charge in [0, 0.05) is 24.1 Å². The molecule has 1 amide bonds. The van der Waals surface area contributed by atoms with Crippen molar-refractivity contribution in [1.29, 1.82) is 0 Å². The Bertz CT molecular complexity index is 531. The van der Waals surface area contributed by atoms with Crippen molar-refractivity contribution in [3.8, 4) is 0 Å². The van der Waals surface area contributed by atoms with Crippen LogP contribution in [0.2, 0.25) is 0 Å². The van der Waals surface area contributed by atoms with Crippen molar-refractivity contribution < 1.29 is 17.8 Å². The standard InChI is InChI=1S/C11H16N2O4S2/c1-9(14)12-10-4-2-5-11(8-10)13-18-6-3-7-19(15,16)17/h2,4-5,8,13H,3,6-7H2,1H3,(H,12,14)(H,15,16,17). The highest BCUT2D eigenvalue weighted by Gasteiger charge is 2.03. The van der Waals surface area contributed by atoms with E-state index in [1.165, 1.54) is 18.9 Å². The van der Waals surface area contributed by atoms with Crippen LogP contribution >= 0.6 is 11.9 Å². The van der Waals surface area contributed by atoms with Gasteiger partial charge in [-0.05, 0) is 24.6 Å². The number of hydrogen-bond donors (Lipinski definition) is 3. The third-order valence-electron chi connectivity index (χ3n) is 2.02. The number of benzene rings is 1. The van der Waals surface area contributed by atoms with E-state index in [4.69, 9.17) is 4.55 Å². The molecule has 0 radical (unpaired) electrons. The molecule has 106 valence electrons. The maximum absolute atomic E-state index is 10.9. The molecule has 0 atom stereocenters. The van der Waals surface area contributed by atoms with E-state index in [0.29, 0.717) is 17.9 Å². The van der Waals surface area contributed by atoms with Gasteiger partial charge in [0.15, 0.2) is 0 Å². The molecular formula is C11H16N2O4S2. The van der Waals surface area contributed by atoms with Crippen LogP contribution in [-0.4, -0.2) is 30.4 Å². The fourth-order valence-electron chi connectivity index (χ4n) is 1.31. The Morgan fingerprint density at radius 2 is 2.05 bits per heavy atom. The fourth-order valence-corrected chi connectivity index (χ4v) is 2.69. The molecule has 0 unspecified atom stereocenters. The van der Waals surface area contributed by atoms with Gasteiger partial charge < -0.3 is 10.0 Å². The Kier molecular flexibility index (Phi) is 6.13. The molecule has 0 heterocycles. The molecular weight excluding hydrogens is 288 g/mol. The van der Waals surface area contributed by atoms with Crippen LogP contribution in [0.4, 0.5) is 11.4 Å². The molecule has 0 aliphatic heterocycles. The quantitative estimate of drug-likeness (QED) is 0.405. The van der Waals surface area contributed by atoms with Crippen LogP contribution in [-0.2, 0) is 14.9 Å². The third kappa shape index (κ3) is 7.70. The van der Waals surface area contributed by atoms with E-state index in [1.807, 2.05) is 6.07 Å². The highest BCUT2D eigenvalue weighted by molar-refractivity contribution is 8.00. The van der Waals surface area contributed by atoms with Gasteiger partial charge in [-0.2, -0.15) is 8.42 Å². The Hall–Kier alpha value is -1.25. The van der Waals surface area contributed by atoms with Crippen molar-refractivity contribution in [3.05, 3.63) is 24.3 Å². The zero-order valence-electron chi connectivity index (χ0n) is 10.4. The van der Waals surface area contributed by atoms with Gasteiger partial charge >= 0.3 is 0 Å². The van der Waals surface area contributed by atoms with Gasteiger partial charge in [-0.3, -0.25) is 9.35 Å². The van der Waals surface area contributed by atoms with Crippen molar-refractivity contribution in [1.82, 2.24) is 0 Å². The minimum atomic E-state index is -3.88. The first-order valence-corrected chi connectivity index (χ1v) is 8.17. The topological polar surface area (TPSA) is 95.5 Å². The summed E-state index contributed by atoms with van der Waals surface area (Å²) in [6.07, 6.45) is 0.363. The second-order valence-corrected chi connectivity index (χ2v) is 6.33. The summed E-state index contributed by atoms with van der Waals surface area (Å²) in [5, 5.41) is 2.67. The summed E-state index contributed by atoms with van der Waals surface area (Å²) in [7, 11) is -3.88. The summed E-state index contributed by atoms with van der Waals surface area (Å²) in [6, 6.07) is 7.18. The van der Waals surface area contributed by atoms with Crippen molar-refractivity contribution in [3.63, 3.8) is 0 Å². The molecule has 0 spiro atoms. The molecule has 0 bridgehead atoms. The van der Waals surface area contributed by atoms with Gasteiger partial charge in [0.05, 0.1) is 5.75 Å². The van der Waals surface area contributed by atoms with Crippen molar-refractivity contribution in [2.45, 2.75) is 13.3 Å². The summed E-state index contributed by atoms with van der Waals surface area (Å²) in [5.74, 6) is 0.163. The lowest BCUT2D eigenvalue weighted by Crippen LogP contribution is -2.06. The first-order chi connectivity index (χ1) is 8.87. The maximum Gasteiger partial charge on any atom is 0.264 e. The number of carbonyl (C=O) groups excluding carboxylic acids is 1. The first kappa shape index (κ1) is 15.8. The molecule has 1 rings (SSSR count). The predicted molar refractivity (Wildman–Crippen MR) is 77.9 cm³/mol. The van der Waals surface area contributed by atoms with Crippen LogP contribution in [0.15, 0.2) is 24.3 Å². The fraction of sp³-hybridized carbons (Fsp3) is 0.364. The van der Waals surface area contributed by atoms with Crippen molar-refractivity contribution in [2.75, 3.05) is 21.5 Å². The van der Waals surface area contributed by atoms with Gasteiger partial charge in [-0.15, -0.1) is 0 Å². The Balaban J connectivity index is 2.35. The number of nitrogens with one attached hydrogen (secondary N) is 2. The summed E-state index contributed by atoms with van der Waals surface area (Å²) in [6.45, 7) is 1.43. The second kappa shape index (κ2) is 7.37. The Morgan fingerprint density at radius 3 is 2.68 bits per heavy atom. The second-order valence-electron chi connectivity index (χ2n) is 3.85. The van der Waals surface area contributed by atoms with Crippen LogP contribution in [0, 0.1) is 0 Å². The highest BCUT2D eigenvalue weighted by atomic mass is 32.2. The van der Waals surface area contributed by atoms with E-state index >= 15 is 0 Å². The molecule has 0 saturated carbocycles. The summed E-state index contributed by atoms with van der Waals surface area (Å²) < 4.78 is 32.6. The molecule has 6 nitrogen and oxygen atoms in total. The Morgan fingerprint density at radius 1 is 1.37 bits per heavy atom. The van der Waals surface area contributed by atoms with Gasteiger partial charge in [-0.1, -0.05) is 18.0 Å². The molecule has 8 heteroatoms. The normalized spacial score (nSPS) is 11.1. The average molecular weight is 304 g/mol. The highest BCUT2D eigenvalue weighted by Crippen LogP contribution is 2.18. The predicted octanol–water partition coefficient (Wildman–Crippen LogP) is 1.98. The van der Waals surface area contributed by atoms with Crippen LogP contribution in [0.1, 0.15) is 13.3 Å². The maximum atomic E-state index is 10.9. The lowest BCUT2D eigenvalue weighted by atomic mass is 10.3. The largest absolute Gasteiger partial charge is 0.330 e. The molecule has 0 aromatic heterocycles. The molecule has 1 aromatic carbocycles. The van der Waals surface area contributed by atoms with E-state index in [1.54, 1.807) is 18.2 Å². The monoisotopic (exact) mass is 304 g/mol. The number of rotatable bonds is 7. The lowest BCUT2D eigenvalue weighted by Gasteiger charge is -2.07. The minimum absolute atomic E-state index is 0.141. The number of carbonyl (C=O) groups is 1. The average Bonchev–Trinajstić information content (AvgIpc) is 2.26. The zero-order valence-corrected chi connectivity index (χ0v) is 12.1. The number of amides is 1. The van der Waals surface area contributed by atoms with Gasteiger partial charge in [0.2, 0.25) is 5.91 Å². The molecule has 0 fully saturated rings. The van der Waals surface area contributed by atoms with Gasteiger partial charge in [-0.25, -0.2) is 0 Å². The molecule has 1 aromatic rings. The van der Waals surface area contributed by atoms with Gasteiger partial charge in [0.25, 0.3) is 10.1 Å². The van der Waals surface area contributed by atoms with Crippen LogP contribution < -0.4 is 10.0 Å². The number of anilines is 2. The van der Waals surface area contributed by atoms with E-state index in [0.717, 1.165) is 5.69 Å². The Labute approximate surface area is 116 Å². The molecule has 0 aliphatic rings. The molecule has 0 saturated heterocycles. The van der Waals surface area contributed by atoms with E-state index in [2.05, 4.69) is 10.0 Å². The van der Waals surface area contributed by atoms with Crippen LogP contribution in [0.3, 0.4) is 0 Å². The SMILES string of the molecule is CC(=O)Nc1cccc(NSCCCS(=O)(=O)O)c1. The minimum Gasteiger partial charge on any atom is -0.330 e. The molecule has 19 heavy (non-hydrogen) atoms. The lowest BCUT2D eigenvalue weighted by molar-refractivity contribution is -0.114. The van der Waals surface area contributed by atoms with E-state index < -0.39 is 10.1 Å². The van der Waals surface area contributed by atoms with Crippen molar-refractivity contribution >= 4 is 39.3 Å². The zero-order chi connectivity index (χ0) is 14.3. The summed E-state index contributed by atoms with van der Waals surface area (Å²) in [5.41, 5.74) is 1.50. The first-order valence-electron chi connectivity index (χ1n) is 5.57. The summed E-state index contributed by atoms with van der Waals surface area (Å²) in [4.78, 5) is 10.9. The van der Waals surface area contributed by atoms with Gasteiger partial charge in [0.1, 0.15) is 0 Å². The van der Waals surface area contributed by atoms with Crippen LogP contribution in [0.5, 0.6) is 0 Å². The van der Waals surface area contributed by atoms with E-state index in [-0.39, 0.29) is 11.7 Å². The van der Waals surface area contributed by atoms with Crippen molar-refractivity contribution in [2.24, 2.45) is 0 Å². The third-order valence-corrected chi connectivity index (χ3v) is 3.70. The molecule has 3 N–H and O–H groups in total.